The number of nitrogens with zero attached hydrogens (tertiary/aromatic N) is 5. The molecular formula is C21H25N5OS. The Labute approximate surface area is 169 Å². The van der Waals surface area contributed by atoms with E-state index in [1.54, 1.807) is 10.7 Å². The van der Waals surface area contributed by atoms with Crippen molar-refractivity contribution in [3.8, 4) is 0 Å². The summed E-state index contributed by atoms with van der Waals surface area (Å²) in [6, 6.07) is 1.80. The molecule has 2 aromatic heterocycles. The Morgan fingerprint density at radius 3 is 2.64 bits per heavy atom. The number of rotatable bonds is 3. The molecule has 2 aliphatic heterocycles. The molecule has 28 heavy (non-hydrogen) atoms. The summed E-state index contributed by atoms with van der Waals surface area (Å²) >= 11 is 1.91. The molecule has 0 N–H and O–H groups in total. The van der Waals surface area contributed by atoms with Gasteiger partial charge in [0, 0.05) is 68.8 Å². The Morgan fingerprint density at radius 1 is 1.18 bits per heavy atom. The minimum atomic E-state index is 0.0495. The summed E-state index contributed by atoms with van der Waals surface area (Å²) in [5, 5.41) is 5.53. The first-order valence-electron chi connectivity index (χ1n) is 10.1. The van der Waals surface area contributed by atoms with Crippen LogP contribution < -0.4 is 0 Å². The Balaban J connectivity index is 1.20. The average molecular weight is 396 g/mol. The molecule has 2 aromatic rings. The monoisotopic (exact) mass is 395 g/mol. The molecule has 0 bridgehead atoms. The fraction of sp³-hybridized carbons (Fsp3) is 0.476. The Kier molecular flexibility index (Phi) is 4.55. The molecular weight excluding hydrogens is 370 g/mol. The highest BCUT2D eigenvalue weighted by molar-refractivity contribution is 7.11. The van der Waals surface area contributed by atoms with E-state index in [0.717, 1.165) is 51.9 Å². The van der Waals surface area contributed by atoms with E-state index >= 15 is 0 Å². The van der Waals surface area contributed by atoms with E-state index in [2.05, 4.69) is 28.2 Å². The first-order valence-corrected chi connectivity index (χ1v) is 10.9. The predicted octanol–water partition coefficient (Wildman–Crippen LogP) is 2.75. The van der Waals surface area contributed by atoms with Crippen molar-refractivity contribution in [3.63, 3.8) is 0 Å². The van der Waals surface area contributed by atoms with Gasteiger partial charge in [-0.3, -0.25) is 9.48 Å². The van der Waals surface area contributed by atoms with Gasteiger partial charge >= 0.3 is 0 Å². The summed E-state index contributed by atoms with van der Waals surface area (Å²) in [7, 11) is 1.84. The van der Waals surface area contributed by atoms with Crippen LogP contribution in [0.5, 0.6) is 0 Å². The molecule has 0 radical (unpaired) electrons. The molecule has 5 rings (SSSR count). The largest absolute Gasteiger partial charge is 0.371 e. The normalized spacial score (nSPS) is 19.8. The lowest BCUT2D eigenvalue weighted by atomic mass is 9.97. The standard InChI is InChI=1S/C21H25N5OS/c1-24-10-7-18(23-24)21(27)26-11-5-15(6-12-26)20-22-17-8-13-25(16-3-2-4-16)14-9-19(17)28-20/h2-4,7,10,15H,5-6,8-9,11-14H2,1H3. The number of hydrogen-bond acceptors (Lipinski definition) is 5. The van der Waals surface area contributed by atoms with Crippen LogP contribution in [0.3, 0.4) is 0 Å². The van der Waals surface area contributed by atoms with Crippen LogP contribution in [-0.4, -0.2) is 56.7 Å². The van der Waals surface area contributed by atoms with Gasteiger partial charge < -0.3 is 9.80 Å². The van der Waals surface area contributed by atoms with Crippen molar-refractivity contribution in [1.29, 1.82) is 0 Å². The van der Waals surface area contributed by atoms with Gasteiger partial charge in [-0.1, -0.05) is 6.08 Å². The highest BCUT2D eigenvalue weighted by atomic mass is 32.1. The van der Waals surface area contributed by atoms with E-state index in [4.69, 9.17) is 4.98 Å². The molecule has 0 spiro atoms. The van der Waals surface area contributed by atoms with Crippen molar-refractivity contribution in [3.05, 3.63) is 57.5 Å². The summed E-state index contributed by atoms with van der Waals surface area (Å²) in [6.45, 7) is 3.72. The van der Waals surface area contributed by atoms with Crippen molar-refractivity contribution in [2.24, 2.45) is 7.05 Å². The molecule has 1 fully saturated rings. The highest BCUT2D eigenvalue weighted by Gasteiger charge is 2.29. The van der Waals surface area contributed by atoms with Gasteiger partial charge in [0.1, 0.15) is 5.69 Å². The SMILES string of the molecule is Cn1ccc(C(=O)N2CCC(c3nc4c(s3)CCN(C3=CC=C3)CC4)CC2)n1. The quantitative estimate of drug-likeness (QED) is 0.802. The Hall–Kier alpha value is -2.41. The summed E-state index contributed by atoms with van der Waals surface area (Å²) < 4.78 is 1.68. The summed E-state index contributed by atoms with van der Waals surface area (Å²) in [5.74, 6) is 0.534. The lowest BCUT2D eigenvalue weighted by molar-refractivity contribution is 0.0706. The number of likely N-dealkylation sites (tertiary alicyclic amines) is 1. The smallest absolute Gasteiger partial charge is 0.274 e. The average Bonchev–Trinajstić information content (AvgIpc) is 3.24. The van der Waals surface area contributed by atoms with Crippen LogP contribution in [-0.2, 0) is 19.9 Å². The molecule has 3 aliphatic rings. The van der Waals surface area contributed by atoms with E-state index in [9.17, 15) is 4.79 Å². The van der Waals surface area contributed by atoms with Crippen LogP contribution in [0.15, 0.2) is 36.2 Å². The van der Waals surface area contributed by atoms with E-state index in [0.29, 0.717) is 11.6 Å². The number of fused-ring (bicyclic) bond motifs is 1. The zero-order chi connectivity index (χ0) is 19.1. The molecule has 4 heterocycles. The number of amides is 1. The Morgan fingerprint density at radius 2 is 1.96 bits per heavy atom. The predicted molar refractivity (Wildman–Crippen MR) is 109 cm³/mol. The zero-order valence-corrected chi connectivity index (χ0v) is 17.0. The number of thiazole rings is 1. The second kappa shape index (κ2) is 7.20. The summed E-state index contributed by atoms with van der Waals surface area (Å²) in [5.41, 5.74) is 3.21. The molecule has 1 aliphatic carbocycles. The van der Waals surface area contributed by atoms with Crippen LogP contribution in [0.25, 0.3) is 0 Å². The minimum absolute atomic E-state index is 0.0495. The van der Waals surface area contributed by atoms with Crippen molar-refractivity contribution in [2.75, 3.05) is 26.2 Å². The molecule has 0 aromatic carbocycles. The molecule has 0 unspecified atom stereocenters. The third-order valence-electron chi connectivity index (χ3n) is 5.99. The number of carbonyl (C=O) groups is 1. The van der Waals surface area contributed by atoms with Gasteiger partial charge in [0.15, 0.2) is 0 Å². The second-order valence-corrected chi connectivity index (χ2v) is 8.92. The van der Waals surface area contributed by atoms with Crippen molar-refractivity contribution in [2.45, 2.75) is 31.6 Å². The molecule has 0 saturated carbocycles. The maximum Gasteiger partial charge on any atom is 0.274 e. The second-order valence-electron chi connectivity index (χ2n) is 7.80. The first kappa shape index (κ1) is 17.7. The van der Waals surface area contributed by atoms with E-state index in [1.807, 2.05) is 29.5 Å². The summed E-state index contributed by atoms with van der Waals surface area (Å²) in [6.07, 6.45) is 12.4. The van der Waals surface area contributed by atoms with Gasteiger partial charge in [-0.2, -0.15) is 5.10 Å². The van der Waals surface area contributed by atoms with Gasteiger partial charge in [-0.25, -0.2) is 4.98 Å². The van der Waals surface area contributed by atoms with Crippen LogP contribution in [0.1, 0.15) is 44.8 Å². The zero-order valence-electron chi connectivity index (χ0n) is 16.2. The topological polar surface area (TPSA) is 54.3 Å². The lowest BCUT2D eigenvalue weighted by Crippen LogP contribution is -2.38. The van der Waals surface area contributed by atoms with Crippen LogP contribution >= 0.6 is 11.3 Å². The summed E-state index contributed by atoms with van der Waals surface area (Å²) in [4.78, 5) is 23.5. The fourth-order valence-electron chi connectivity index (χ4n) is 4.23. The van der Waals surface area contributed by atoms with Gasteiger partial charge in [0.05, 0.1) is 10.7 Å². The number of aromatic nitrogens is 3. The Bertz CT molecular complexity index is 922. The highest BCUT2D eigenvalue weighted by Crippen LogP contribution is 2.34. The maximum atomic E-state index is 12.6. The number of piperidine rings is 1. The van der Waals surface area contributed by atoms with Crippen molar-refractivity contribution in [1.82, 2.24) is 24.6 Å². The lowest BCUT2D eigenvalue weighted by Gasteiger charge is -2.30. The molecule has 1 amide bonds. The van der Waals surface area contributed by atoms with Gasteiger partial charge in [-0.05, 0) is 31.1 Å². The molecule has 6 nitrogen and oxygen atoms in total. The molecule has 7 heteroatoms. The number of aryl methyl sites for hydroxylation is 1. The number of allylic oxidation sites excluding steroid dienone is 3. The van der Waals surface area contributed by atoms with E-state index in [-0.39, 0.29) is 5.91 Å². The molecule has 146 valence electrons. The van der Waals surface area contributed by atoms with Crippen molar-refractivity contribution < 1.29 is 4.79 Å². The van der Waals surface area contributed by atoms with Crippen LogP contribution in [0, 0.1) is 0 Å². The van der Waals surface area contributed by atoms with Gasteiger partial charge in [0.2, 0.25) is 0 Å². The van der Waals surface area contributed by atoms with E-state index in [1.165, 1.54) is 21.3 Å². The maximum absolute atomic E-state index is 12.6. The van der Waals surface area contributed by atoms with Crippen LogP contribution in [0.4, 0.5) is 0 Å². The number of hydrogen-bond donors (Lipinski definition) is 0. The minimum Gasteiger partial charge on any atom is -0.371 e. The molecule has 0 atom stereocenters. The third-order valence-corrected chi connectivity index (χ3v) is 7.31. The fourth-order valence-corrected chi connectivity index (χ4v) is 5.50. The van der Waals surface area contributed by atoms with Gasteiger partial charge in [0.25, 0.3) is 5.91 Å². The van der Waals surface area contributed by atoms with Gasteiger partial charge in [-0.15, -0.1) is 11.3 Å². The third kappa shape index (κ3) is 3.28. The molecule has 1 saturated heterocycles. The first-order chi connectivity index (χ1) is 13.7. The van der Waals surface area contributed by atoms with E-state index < -0.39 is 0 Å². The number of carbonyl (C=O) groups excluding carboxylic acids is 1. The van der Waals surface area contributed by atoms with Crippen molar-refractivity contribution >= 4 is 17.2 Å². The van der Waals surface area contributed by atoms with Crippen LogP contribution in [0.2, 0.25) is 0 Å².